The van der Waals surface area contributed by atoms with Crippen LogP contribution in [0.3, 0.4) is 0 Å². The fraction of sp³-hybridized carbons (Fsp3) is 0.125. The number of allylic oxidation sites excluding steroid dienone is 1. The zero-order chi connectivity index (χ0) is 14.5. The summed E-state index contributed by atoms with van der Waals surface area (Å²) in [7, 11) is 3.68. The fourth-order valence-electron chi connectivity index (χ4n) is 1.75. The van der Waals surface area contributed by atoms with E-state index in [2.05, 4.69) is 4.98 Å². The average Bonchev–Trinajstić information content (AvgIpc) is 2.45. The van der Waals surface area contributed by atoms with Crippen molar-refractivity contribution in [2.45, 2.75) is 0 Å². The molecule has 2 rings (SSSR count). The minimum absolute atomic E-state index is 0.133. The van der Waals surface area contributed by atoms with Crippen molar-refractivity contribution in [3.05, 3.63) is 66.3 Å². The first-order valence-electron chi connectivity index (χ1n) is 6.18. The zero-order valence-corrected chi connectivity index (χ0v) is 11.4. The van der Waals surface area contributed by atoms with Crippen LogP contribution in [0.15, 0.2) is 54.9 Å². The van der Waals surface area contributed by atoms with Crippen LogP contribution in [0.4, 0.5) is 4.39 Å². The molecule has 0 saturated heterocycles. The molecule has 0 unspecified atom stereocenters. The summed E-state index contributed by atoms with van der Waals surface area (Å²) in [6, 6.07) is 9.37. The molecule has 0 aliphatic carbocycles. The van der Waals surface area contributed by atoms with E-state index in [9.17, 15) is 9.18 Å². The maximum atomic E-state index is 13.0. The Hall–Kier alpha value is -2.49. The minimum atomic E-state index is -0.315. The largest absolute Gasteiger partial charge is 0.383 e. The second-order valence-corrected chi connectivity index (χ2v) is 4.55. The van der Waals surface area contributed by atoms with E-state index in [1.807, 2.05) is 14.1 Å². The maximum absolute atomic E-state index is 13.0. The topological polar surface area (TPSA) is 33.2 Å². The third-order valence-corrected chi connectivity index (χ3v) is 2.71. The highest BCUT2D eigenvalue weighted by atomic mass is 19.1. The van der Waals surface area contributed by atoms with E-state index in [1.54, 1.807) is 41.6 Å². The third-order valence-electron chi connectivity index (χ3n) is 2.71. The van der Waals surface area contributed by atoms with E-state index in [0.717, 1.165) is 0 Å². The molecule has 2 aromatic rings. The number of hydrogen-bond acceptors (Lipinski definition) is 3. The highest BCUT2D eigenvalue weighted by molar-refractivity contribution is 6.08. The van der Waals surface area contributed by atoms with Gasteiger partial charge in [0.1, 0.15) is 5.82 Å². The molecule has 0 radical (unpaired) electrons. The van der Waals surface area contributed by atoms with Crippen LogP contribution in [0.2, 0.25) is 0 Å². The molecule has 0 amide bonds. The number of nitrogens with zero attached hydrogens (tertiary/aromatic N) is 2. The first kappa shape index (κ1) is 13.9. The maximum Gasteiger partial charge on any atom is 0.189 e. The molecule has 20 heavy (non-hydrogen) atoms. The van der Waals surface area contributed by atoms with Gasteiger partial charge in [-0.1, -0.05) is 0 Å². The highest BCUT2D eigenvalue weighted by Gasteiger charge is 2.11. The molecule has 4 heteroatoms. The van der Waals surface area contributed by atoms with Gasteiger partial charge in [-0.25, -0.2) is 4.39 Å². The van der Waals surface area contributed by atoms with Crippen LogP contribution in [0.1, 0.15) is 10.4 Å². The lowest BCUT2D eigenvalue weighted by Gasteiger charge is -2.07. The standard InChI is InChI=1S/C16H15FN2O/c1-19(2)11-9-15(20)14-4-3-10-18-16(14)12-5-7-13(17)8-6-12/h3-11H,1-2H3/b11-9+. The van der Waals surface area contributed by atoms with Gasteiger partial charge < -0.3 is 4.90 Å². The molecule has 0 aliphatic heterocycles. The third kappa shape index (κ3) is 3.29. The predicted octanol–water partition coefficient (Wildman–Crippen LogP) is 3.15. The number of rotatable bonds is 4. The van der Waals surface area contributed by atoms with Crippen LogP contribution in [-0.2, 0) is 0 Å². The van der Waals surface area contributed by atoms with Crippen molar-refractivity contribution in [1.29, 1.82) is 0 Å². The lowest BCUT2D eigenvalue weighted by atomic mass is 10.0. The van der Waals surface area contributed by atoms with Gasteiger partial charge in [-0.05, 0) is 36.4 Å². The lowest BCUT2D eigenvalue weighted by molar-refractivity contribution is 0.104. The van der Waals surface area contributed by atoms with E-state index in [4.69, 9.17) is 0 Å². The van der Waals surface area contributed by atoms with Crippen molar-refractivity contribution >= 4 is 5.78 Å². The molecule has 0 aliphatic rings. The van der Waals surface area contributed by atoms with Gasteiger partial charge in [0, 0.05) is 43.7 Å². The summed E-state index contributed by atoms with van der Waals surface area (Å²) in [5, 5.41) is 0. The van der Waals surface area contributed by atoms with E-state index in [-0.39, 0.29) is 11.6 Å². The molecule has 1 aromatic heterocycles. The molecule has 102 valence electrons. The first-order valence-corrected chi connectivity index (χ1v) is 6.18. The van der Waals surface area contributed by atoms with Crippen molar-refractivity contribution < 1.29 is 9.18 Å². The van der Waals surface area contributed by atoms with Crippen LogP contribution in [0.25, 0.3) is 11.3 Å². The van der Waals surface area contributed by atoms with Gasteiger partial charge in [-0.2, -0.15) is 0 Å². The Morgan fingerprint density at radius 3 is 2.55 bits per heavy atom. The number of carbonyl (C=O) groups excluding carboxylic acids is 1. The Bertz CT molecular complexity index is 633. The molecular formula is C16H15FN2O. The van der Waals surface area contributed by atoms with Gasteiger partial charge >= 0.3 is 0 Å². The fourth-order valence-corrected chi connectivity index (χ4v) is 1.75. The molecule has 0 fully saturated rings. The number of hydrogen-bond donors (Lipinski definition) is 0. The Morgan fingerprint density at radius 2 is 1.90 bits per heavy atom. The van der Waals surface area contributed by atoms with Crippen molar-refractivity contribution in [2.24, 2.45) is 0 Å². The Kier molecular flexibility index (Phi) is 4.25. The monoisotopic (exact) mass is 270 g/mol. The van der Waals surface area contributed by atoms with Crippen molar-refractivity contribution in [2.75, 3.05) is 14.1 Å². The van der Waals surface area contributed by atoms with Gasteiger partial charge in [0.25, 0.3) is 0 Å². The van der Waals surface area contributed by atoms with Crippen LogP contribution in [0.5, 0.6) is 0 Å². The zero-order valence-electron chi connectivity index (χ0n) is 11.4. The summed E-state index contributed by atoms with van der Waals surface area (Å²) in [5.74, 6) is -0.448. The van der Waals surface area contributed by atoms with Gasteiger partial charge in [0.05, 0.1) is 5.69 Å². The quantitative estimate of drug-likeness (QED) is 0.632. The van der Waals surface area contributed by atoms with Gasteiger partial charge in [0.15, 0.2) is 5.78 Å². The molecule has 1 aromatic carbocycles. The van der Waals surface area contributed by atoms with E-state index in [1.165, 1.54) is 18.2 Å². The second kappa shape index (κ2) is 6.10. The molecule has 0 spiro atoms. The number of ketones is 1. The van der Waals surface area contributed by atoms with Crippen molar-refractivity contribution in [3.8, 4) is 11.3 Å². The second-order valence-electron chi connectivity index (χ2n) is 4.55. The van der Waals surface area contributed by atoms with Crippen molar-refractivity contribution in [1.82, 2.24) is 9.88 Å². The summed E-state index contributed by atoms with van der Waals surface area (Å²) in [5.41, 5.74) is 1.77. The molecule has 3 nitrogen and oxygen atoms in total. The molecular weight excluding hydrogens is 255 g/mol. The summed E-state index contributed by atoms with van der Waals surface area (Å²) < 4.78 is 13.0. The summed E-state index contributed by atoms with van der Waals surface area (Å²) in [6.45, 7) is 0. The lowest BCUT2D eigenvalue weighted by Crippen LogP contribution is -2.04. The van der Waals surface area contributed by atoms with E-state index >= 15 is 0 Å². The van der Waals surface area contributed by atoms with Gasteiger partial charge in [-0.15, -0.1) is 0 Å². The Balaban J connectivity index is 2.40. The van der Waals surface area contributed by atoms with Crippen LogP contribution >= 0.6 is 0 Å². The number of aromatic nitrogens is 1. The molecule has 0 saturated carbocycles. The minimum Gasteiger partial charge on any atom is -0.383 e. The van der Waals surface area contributed by atoms with Crippen molar-refractivity contribution in [3.63, 3.8) is 0 Å². The van der Waals surface area contributed by atoms with E-state index in [0.29, 0.717) is 16.8 Å². The Labute approximate surface area is 117 Å². The number of pyridine rings is 1. The SMILES string of the molecule is CN(C)/C=C/C(=O)c1cccnc1-c1ccc(F)cc1. The summed E-state index contributed by atoms with van der Waals surface area (Å²) in [6.07, 6.45) is 4.79. The van der Waals surface area contributed by atoms with Crippen LogP contribution in [-0.4, -0.2) is 29.8 Å². The van der Waals surface area contributed by atoms with Crippen LogP contribution < -0.4 is 0 Å². The molecule has 0 N–H and O–H groups in total. The highest BCUT2D eigenvalue weighted by Crippen LogP contribution is 2.22. The predicted molar refractivity (Wildman–Crippen MR) is 76.8 cm³/mol. The molecule has 0 atom stereocenters. The number of benzene rings is 1. The molecule has 1 heterocycles. The summed E-state index contributed by atoms with van der Waals surface area (Å²) in [4.78, 5) is 18.2. The Morgan fingerprint density at radius 1 is 1.20 bits per heavy atom. The first-order chi connectivity index (χ1) is 9.58. The van der Waals surface area contributed by atoms with Gasteiger partial charge in [-0.3, -0.25) is 9.78 Å². The average molecular weight is 270 g/mol. The molecule has 0 bridgehead atoms. The van der Waals surface area contributed by atoms with Crippen LogP contribution in [0, 0.1) is 5.82 Å². The van der Waals surface area contributed by atoms with E-state index < -0.39 is 0 Å². The number of carbonyl (C=O) groups is 1. The normalized spacial score (nSPS) is 10.8. The van der Waals surface area contributed by atoms with Gasteiger partial charge in [0.2, 0.25) is 0 Å². The number of halogens is 1. The summed E-state index contributed by atoms with van der Waals surface area (Å²) >= 11 is 0. The smallest absolute Gasteiger partial charge is 0.189 e.